The van der Waals surface area contributed by atoms with Crippen molar-refractivity contribution in [1.82, 2.24) is 9.55 Å². The summed E-state index contributed by atoms with van der Waals surface area (Å²) in [4.78, 5) is 19.4. The van der Waals surface area contributed by atoms with Gasteiger partial charge in [-0.25, -0.2) is 13.8 Å². The van der Waals surface area contributed by atoms with Crippen molar-refractivity contribution < 1.29 is 13.9 Å². The van der Waals surface area contributed by atoms with Crippen molar-refractivity contribution in [2.45, 2.75) is 25.9 Å². The van der Waals surface area contributed by atoms with E-state index >= 15 is 0 Å². The molecule has 1 N–H and O–H groups in total. The topological polar surface area (TPSA) is 58.4 Å². The number of hydrogen-bond acceptors (Lipinski definition) is 4. The van der Waals surface area contributed by atoms with E-state index in [1.807, 2.05) is 0 Å². The van der Waals surface area contributed by atoms with Crippen LogP contribution in [0.4, 0.5) is 14.7 Å². The smallest absolute Gasteiger partial charge is 0.263 e. The SMILES string of the molecule is CC(O)c1cc(C(F)F)cc2c(=O)n(C)c(N3CC4CC4C3)nc12. The lowest BCUT2D eigenvalue weighted by molar-refractivity contribution is 0.150. The molecular weight excluding hydrogens is 316 g/mol. The number of halogens is 2. The lowest BCUT2D eigenvalue weighted by atomic mass is 10.0. The summed E-state index contributed by atoms with van der Waals surface area (Å²) < 4.78 is 27.7. The Balaban J connectivity index is 1.94. The molecule has 2 heterocycles. The van der Waals surface area contributed by atoms with Gasteiger partial charge in [0.25, 0.3) is 12.0 Å². The molecule has 1 aliphatic heterocycles. The molecule has 24 heavy (non-hydrogen) atoms. The van der Waals surface area contributed by atoms with Crippen molar-refractivity contribution in [3.8, 4) is 0 Å². The summed E-state index contributed by atoms with van der Waals surface area (Å²) in [5, 5.41) is 10.1. The van der Waals surface area contributed by atoms with Crippen LogP contribution < -0.4 is 10.5 Å². The molecule has 0 spiro atoms. The number of anilines is 1. The Kier molecular flexibility index (Phi) is 3.38. The number of benzene rings is 1. The highest BCUT2D eigenvalue weighted by Crippen LogP contribution is 2.46. The van der Waals surface area contributed by atoms with E-state index in [2.05, 4.69) is 9.88 Å². The summed E-state index contributed by atoms with van der Waals surface area (Å²) in [6.07, 6.45) is -2.46. The van der Waals surface area contributed by atoms with Gasteiger partial charge >= 0.3 is 0 Å². The number of alkyl halides is 2. The van der Waals surface area contributed by atoms with Crippen LogP contribution in [0.3, 0.4) is 0 Å². The molecule has 2 aromatic rings. The van der Waals surface area contributed by atoms with Gasteiger partial charge in [0, 0.05) is 31.3 Å². The zero-order valence-electron chi connectivity index (χ0n) is 13.5. The van der Waals surface area contributed by atoms with E-state index in [0.29, 0.717) is 23.3 Å². The standard InChI is InChI=1S/C17H19F2N3O2/c1-8(23)12-4-9(15(18)19)5-13-14(12)20-17(21(2)16(13)24)22-6-10-3-11(10)7-22/h4-5,8,10-11,15,23H,3,6-7H2,1-2H3. The maximum absolute atomic E-state index is 13.1. The molecule has 2 fully saturated rings. The second-order valence-corrected chi connectivity index (χ2v) is 6.92. The minimum absolute atomic E-state index is 0.124. The Bertz CT molecular complexity index is 868. The molecule has 3 unspecified atom stereocenters. The van der Waals surface area contributed by atoms with E-state index in [9.17, 15) is 18.7 Å². The highest BCUT2D eigenvalue weighted by atomic mass is 19.3. The molecule has 5 nitrogen and oxygen atoms in total. The molecule has 1 aliphatic carbocycles. The van der Waals surface area contributed by atoms with Gasteiger partial charge in [0.05, 0.1) is 17.0 Å². The van der Waals surface area contributed by atoms with Gasteiger partial charge in [-0.1, -0.05) is 0 Å². The third-order valence-electron chi connectivity index (χ3n) is 5.17. The fraction of sp³-hybridized carbons (Fsp3) is 0.529. The number of aliphatic hydroxyl groups excluding tert-OH is 1. The molecular formula is C17H19F2N3O2. The molecule has 3 atom stereocenters. The van der Waals surface area contributed by atoms with E-state index in [1.165, 1.54) is 30.0 Å². The number of aliphatic hydroxyl groups is 1. The molecule has 0 radical (unpaired) electrons. The third-order valence-corrected chi connectivity index (χ3v) is 5.17. The fourth-order valence-electron chi connectivity index (χ4n) is 3.70. The highest BCUT2D eigenvalue weighted by molar-refractivity contribution is 5.83. The van der Waals surface area contributed by atoms with Crippen LogP contribution in [0.25, 0.3) is 10.9 Å². The Morgan fingerprint density at radius 1 is 1.29 bits per heavy atom. The van der Waals surface area contributed by atoms with Crippen molar-refractivity contribution in [3.05, 3.63) is 33.6 Å². The van der Waals surface area contributed by atoms with Gasteiger partial charge in [-0.3, -0.25) is 9.36 Å². The summed E-state index contributed by atoms with van der Waals surface area (Å²) in [5.41, 5.74) is -0.0494. The Morgan fingerprint density at radius 2 is 1.96 bits per heavy atom. The summed E-state index contributed by atoms with van der Waals surface area (Å²) in [6.45, 7) is 3.24. The minimum atomic E-state index is -2.71. The van der Waals surface area contributed by atoms with Crippen molar-refractivity contribution in [2.24, 2.45) is 18.9 Å². The largest absolute Gasteiger partial charge is 0.389 e. The average Bonchev–Trinajstić information content (AvgIpc) is 3.15. The van der Waals surface area contributed by atoms with E-state index < -0.39 is 12.5 Å². The number of aromatic nitrogens is 2. The fourth-order valence-corrected chi connectivity index (χ4v) is 3.70. The van der Waals surface area contributed by atoms with E-state index in [0.717, 1.165) is 13.1 Å². The molecule has 7 heteroatoms. The maximum atomic E-state index is 13.1. The van der Waals surface area contributed by atoms with Gasteiger partial charge in [0.1, 0.15) is 0 Å². The lowest BCUT2D eigenvalue weighted by Crippen LogP contribution is -2.31. The van der Waals surface area contributed by atoms with Gasteiger partial charge in [0.15, 0.2) is 0 Å². The Morgan fingerprint density at radius 3 is 2.54 bits per heavy atom. The van der Waals surface area contributed by atoms with Gasteiger partial charge in [0.2, 0.25) is 5.95 Å². The predicted octanol–water partition coefficient (Wildman–Crippen LogP) is 2.38. The van der Waals surface area contributed by atoms with Gasteiger partial charge < -0.3 is 10.0 Å². The first-order valence-corrected chi connectivity index (χ1v) is 8.12. The quantitative estimate of drug-likeness (QED) is 0.936. The van der Waals surface area contributed by atoms with Crippen LogP contribution in [0.2, 0.25) is 0 Å². The zero-order chi connectivity index (χ0) is 17.2. The third kappa shape index (κ3) is 2.30. The zero-order valence-corrected chi connectivity index (χ0v) is 13.5. The van der Waals surface area contributed by atoms with Crippen LogP contribution in [-0.4, -0.2) is 27.7 Å². The van der Waals surface area contributed by atoms with Crippen molar-refractivity contribution in [2.75, 3.05) is 18.0 Å². The lowest BCUT2D eigenvalue weighted by Gasteiger charge is -2.23. The molecule has 1 saturated heterocycles. The summed E-state index contributed by atoms with van der Waals surface area (Å²) in [5.74, 6) is 1.90. The molecule has 1 aromatic heterocycles. The monoisotopic (exact) mass is 335 g/mol. The van der Waals surface area contributed by atoms with Crippen molar-refractivity contribution >= 4 is 16.9 Å². The Hall–Kier alpha value is -2.02. The van der Waals surface area contributed by atoms with Gasteiger partial charge in [-0.05, 0) is 37.3 Å². The van der Waals surface area contributed by atoms with Crippen LogP contribution in [0, 0.1) is 11.8 Å². The van der Waals surface area contributed by atoms with Gasteiger partial charge in [-0.15, -0.1) is 0 Å². The highest BCUT2D eigenvalue weighted by Gasteiger charge is 2.46. The van der Waals surface area contributed by atoms with E-state index in [4.69, 9.17) is 0 Å². The molecule has 1 aromatic carbocycles. The van der Waals surface area contributed by atoms with Crippen molar-refractivity contribution in [3.63, 3.8) is 0 Å². The summed E-state index contributed by atoms with van der Waals surface area (Å²) >= 11 is 0. The first-order valence-electron chi connectivity index (χ1n) is 8.12. The molecule has 0 amide bonds. The van der Waals surface area contributed by atoms with Crippen molar-refractivity contribution in [1.29, 1.82) is 0 Å². The van der Waals surface area contributed by atoms with Gasteiger partial charge in [-0.2, -0.15) is 0 Å². The molecule has 4 rings (SSSR count). The van der Waals surface area contributed by atoms with E-state index in [1.54, 1.807) is 7.05 Å². The second-order valence-electron chi connectivity index (χ2n) is 6.92. The minimum Gasteiger partial charge on any atom is -0.389 e. The molecule has 128 valence electrons. The summed E-state index contributed by atoms with van der Waals surface area (Å²) in [6, 6.07) is 2.43. The van der Waals surface area contributed by atoms with Crippen LogP contribution in [-0.2, 0) is 7.05 Å². The second kappa shape index (κ2) is 5.24. The molecule has 1 saturated carbocycles. The summed E-state index contributed by atoms with van der Waals surface area (Å²) in [7, 11) is 1.62. The van der Waals surface area contributed by atoms with Crippen LogP contribution in [0.15, 0.2) is 16.9 Å². The van der Waals surface area contributed by atoms with E-state index in [-0.39, 0.29) is 22.1 Å². The van der Waals surface area contributed by atoms with Crippen LogP contribution in [0.1, 0.15) is 37.0 Å². The Labute approximate surface area is 137 Å². The number of piperidine rings is 1. The van der Waals surface area contributed by atoms with Crippen LogP contribution >= 0.6 is 0 Å². The average molecular weight is 335 g/mol. The predicted molar refractivity (Wildman–Crippen MR) is 86.4 cm³/mol. The number of rotatable bonds is 3. The first kappa shape index (κ1) is 15.5. The van der Waals surface area contributed by atoms with Crippen LogP contribution in [0.5, 0.6) is 0 Å². The normalized spacial score (nSPS) is 23.8. The number of hydrogen-bond donors (Lipinski definition) is 1. The number of nitrogens with zero attached hydrogens (tertiary/aromatic N) is 3. The number of fused-ring (bicyclic) bond motifs is 2. The first-order chi connectivity index (χ1) is 11.4. The molecule has 2 aliphatic rings. The molecule has 0 bridgehead atoms. The maximum Gasteiger partial charge on any atom is 0.263 e.